The summed E-state index contributed by atoms with van der Waals surface area (Å²) in [6.07, 6.45) is -4.28. The molecule has 1 aromatic carbocycles. The van der Waals surface area contributed by atoms with Crippen LogP contribution in [0.1, 0.15) is 22.5 Å². The molecule has 0 aliphatic rings. The molecule has 0 saturated heterocycles. The molecule has 18 heavy (non-hydrogen) atoms. The minimum Gasteiger partial charge on any atom is -0.265 e. The van der Waals surface area contributed by atoms with Gasteiger partial charge in [-0.2, -0.15) is 18.3 Å². The van der Waals surface area contributed by atoms with E-state index in [1.54, 1.807) is 4.68 Å². The maximum atomic E-state index is 12.4. The fraction of sp³-hybridized carbons (Fsp3) is 0.308. The molecule has 5 heteroatoms. The van der Waals surface area contributed by atoms with Gasteiger partial charge in [-0.1, -0.05) is 12.1 Å². The second kappa shape index (κ2) is 4.48. The van der Waals surface area contributed by atoms with Gasteiger partial charge in [0.2, 0.25) is 0 Å². The zero-order valence-electron chi connectivity index (χ0n) is 10.1. The zero-order chi connectivity index (χ0) is 13.3. The van der Waals surface area contributed by atoms with Gasteiger partial charge in [0, 0.05) is 5.69 Å². The minimum atomic E-state index is -4.28. The zero-order valence-corrected chi connectivity index (χ0v) is 10.1. The Balaban J connectivity index is 2.18. The van der Waals surface area contributed by atoms with E-state index in [1.807, 2.05) is 19.9 Å². The van der Waals surface area contributed by atoms with Gasteiger partial charge in [-0.25, -0.2) is 0 Å². The molecule has 2 aromatic rings. The molecule has 0 amide bonds. The van der Waals surface area contributed by atoms with Gasteiger partial charge in [0.05, 0.1) is 17.8 Å². The van der Waals surface area contributed by atoms with Crippen LogP contribution in [-0.4, -0.2) is 9.78 Å². The van der Waals surface area contributed by atoms with Crippen molar-refractivity contribution in [2.75, 3.05) is 0 Å². The molecular formula is C13H13F3N2. The Bertz CT molecular complexity index is 538. The number of aryl methyl sites for hydroxylation is 2. The third kappa shape index (κ3) is 2.72. The lowest BCUT2D eigenvalue weighted by Crippen LogP contribution is -2.07. The average Bonchev–Trinajstić information content (AvgIpc) is 2.57. The Morgan fingerprint density at radius 2 is 1.72 bits per heavy atom. The van der Waals surface area contributed by atoms with E-state index in [4.69, 9.17) is 0 Å². The number of hydrogen-bond donors (Lipinski definition) is 0. The summed E-state index contributed by atoms with van der Waals surface area (Å²) in [7, 11) is 0. The first kappa shape index (κ1) is 12.7. The van der Waals surface area contributed by atoms with E-state index in [9.17, 15) is 13.2 Å². The lowest BCUT2D eigenvalue weighted by atomic mass is 10.1. The van der Waals surface area contributed by atoms with Crippen molar-refractivity contribution < 1.29 is 13.2 Å². The summed E-state index contributed by atoms with van der Waals surface area (Å²) < 4.78 is 39.0. The molecule has 1 aromatic heterocycles. The van der Waals surface area contributed by atoms with Crippen LogP contribution in [-0.2, 0) is 12.7 Å². The molecule has 0 aliphatic carbocycles. The smallest absolute Gasteiger partial charge is 0.265 e. The number of alkyl halides is 3. The molecule has 96 valence electrons. The van der Waals surface area contributed by atoms with E-state index < -0.39 is 11.7 Å². The second-order valence-corrected chi connectivity index (χ2v) is 4.28. The van der Waals surface area contributed by atoms with Gasteiger partial charge in [0.1, 0.15) is 0 Å². The molecule has 2 rings (SSSR count). The van der Waals surface area contributed by atoms with Crippen LogP contribution in [0.3, 0.4) is 0 Å². The largest absolute Gasteiger partial charge is 0.416 e. The van der Waals surface area contributed by atoms with Crippen molar-refractivity contribution >= 4 is 0 Å². The fourth-order valence-corrected chi connectivity index (χ4v) is 1.81. The van der Waals surface area contributed by atoms with Gasteiger partial charge < -0.3 is 0 Å². The van der Waals surface area contributed by atoms with Crippen molar-refractivity contribution in [2.45, 2.75) is 26.6 Å². The topological polar surface area (TPSA) is 17.8 Å². The van der Waals surface area contributed by atoms with E-state index in [0.29, 0.717) is 6.54 Å². The molecule has 0 atom stereocenters. The maximum absolute atomic E-state index is 12.4. The van der Waals surface area contributed by atoms with E-state index in [2.05, 4.69) is 5.10 Å². The van der Waals surface area contributed by atoms with Crippen LogP contribution in [0.2, 0.25) is 0 Å². The first-order valence-corrected chi connectivity index (χ1v) is 5.53. The van der Waals surface area contributed by atoms with Crippen LogP contribution in [0.5, 0.6) is 0 Å². The van der Waals surface area contributed by atoms with Gasteiger partial charge in [-0.15, -0.1) is 0 Å². The molecule has 0 radical (unpaired) electrons. The highest BCUT2D eigenvalue weighted by Crippen LogP contribution is 2.29. The minimum absolute atomic E-state index is 0.484. The van der Waals surface area contributed by atoms with Crippen LogP contribution < -0.4 is 0 Å². The highest BCUT2D eigenvalue weighted by Gasteiger charge is 2.29. The normalized spacial score (nSPS) is 11.8. The SMILES string of the molecule is Cc1cc(C)n(Cc2ccc(C(F)(F)F)cc2)n1. The summed E-state index contributed by atoms with van der Waals surface area (Å²) in [6.45, 7) is 4.29. The summed E-state index contributed by atoms with van der Waals surface area (Å²) in [4.78, 5) is 0. The Morgan fingerprint density at radius 1 is 1.11 bits per heavy atom. The van der Waals surface area contributed by atoms with Crippen LogP contribution >= 0.6 is 0 Å². The molecular weight excluding hydrogens is 241 g/mol. The molecule has 0 bridgehead atoms. The van der Waals surface area contributed by atoms with Crippen molar-refractivity contribution in [3.63, 3.8) is 0 Å². The fourth-order valence-electron chi connectivity index (χ4n) is 1.81. The molecule has 0 spiro atoms. The van der Waals surface area contributed by atoms with Crippen LogP contribution in [0, 0.1) is 13.8 Å². The summed E-state index contributed by atoms with van der Waals surface area (Å²) >= 11 is 0. The predicted octanol–water partition coefficient (Wildman–Crippen LogP) is 3.57. The Kier molecular flexibility index (Phi) is 3.15. The number of hydrogen-bond acceptors (Lipinski definition) is 1. The van der Waals surface area contributed by atoms with Gasteiger partial charge in [0.15, 0.2) is 0 Å². The molecule has 0 fully saturated rings. The standard InChI is InChI=1S/C13H13F3N2/c1-9-7-10(2)18(17-9)8-11-3-5-12(6-4-11)13(14,15)16/h3-7H,8H2,1-2H3. The summed E-state index contributed by atoms with van der Waals surface area (Å²) in [5.41, 5.74) is 2.07. The van der Waals surface area contributed by atoms with E-state index in [1.165, 1.54) is 12.1 Å². The van der Waals surface area contributed by atoms with Crippen molar-refractivity contribution in [2.24, 2.45) is 0 Å². The number of aromatic nitrogens is 2. The van der Waals surface area contributed by atoms with Gasteiger partial charge >= 0.3 is 6.18 Å². The number of rotatable bonds is 2. The quantitative estimate of drug-likeness (QED) is 0.801. The van der Waals surface area contributed by atoms with Gasteiger partial charge in [-0.05, 0) is 37.6 Å². The average molecular weight is 254 g/mol. The highest BCUT2D eigenvalue weighted by molar-refractivity contribution is 5.25. The number of benzene rings is 1. The lowest BCUT2D eigenvalue weighted by Gasteiger charge is -2.08. The highest BCUT2D eigenvalue weighted by atomic mass is 19.4. The number of halogens is 3. The first-order valence-electron chi connectivity index (χ1n) is 5.53. The number of nitrogens with zero attached hydrogens (tertiary/aromatic N) is 2. The summed E-state index contributed by atoms with van der Waals surface area (Å²) in [6, 6.07) is 7.10. The molecule has 0 saturated carbocycles. The summed E-state index contributed by atoms with van der Waals surface area (Å²) in [5, 5.41) is 4.27. The molecule has 1 heterocycles. The predicted molar refractivity (Wildman–Crippen MR) is 62.2 cm³/mol. The van der Waals surface area contributed by atoms with E-state index >= 15 is 0 Å². The molecule has 2 nitrogen and oxygen atoms in total. The Hall–Kier alpha value is -1.78. The third-order valence-electron chi connectivity index (χ3n) is 2.72. The second-order valence-electron chi connectivity index (χ2n) is 4.28. The Morgan fingerprint density at radius 3 is 2.17 bits per heavy atom. The van der Waals surface area contributed by atoms with Crippen LogP contribution in [0.25, 0.3) is 0 Å². The first-order chi connectivity index (χ1) is 8.36. The monoisotopic (exact) mass is 254 g/mol. The van der Waals surface area contributed by atoms with Gasteiger partial charge in [0.25, 0.3) is 0 Å². The van der Waals surface area contributed by atoms with Crippen LogP contribution in [0.15, 0.2) is 30.3 Å². The summed E-state index contributed by atoms with van der Waals surface area (Å²) in [5.74, 6) is 0. The van der Waals surface area contributed by atoms with Crippen molar-refractivity contribution in [1.29, 1.82) is 0 Å². The Labute approximate surface area is 103 Å². The van der Waals surface area contributed by atoms with Crippen molar-refractivity contribution in [3.8, 4) is 0 Å². The molecule has 0 aliphatic heterocycles. The van der Waals surface area contributed by atoms with Crippen LogP contribution in [0.4, 0.5) is 13.2 Å². The van der Waals surface area contributed by atoms with Gasteiger partial charge in [-0.3, -0.25) is 4.68 Å². The van der Waals surface area contributed by atoms with E-state index in [0.717, 1.165) is 29.1 Å². The molecule has 0 N–H and O–H groups in total. The van der Waals surface area contributed by atoms with E-state index in [-0.39, 0.29) is 0 Å². The molecule has 0 unspecified atom stereocenters. The third-order valence-corrected chi connectivity index (χ3v) is 2.72. The van der Waals surface area contributed by atoms with Crippen molar-refractivity contribution in [1.82, 2.24) is 9.78 Å². The van der Waals surface area contributed by atoms with Crippen molar-refractivity contribution in [3.05, 3.63) is 52.8 Å². The lowest BCUT2D eigenvalue weighted by molar-refractivity contribution is -0.137. The maximum Gasteiger partial charge on any atom is 0.416 e.